The van der Waals surface area contributed by atoms with Gasteiger partial charge in [0.25, 0.3) is 0 Å². The highest BCUT2D eigenvalue weighted by atomic mass is 32.2. The van der Waals surface area contributed by atoms with Crippen molar-refractivity contribution >= 4 is 39.0 Å². The molecule has 4 heterocycles. The topological polar surface area (TPSA) is 56.0 Å². The van der Waals surface area contributed by atoms with E-state index in [0.29, 0.717) is 5.92 Å². The quantitative estimate of drug-likeness (QED) is 0.454. The Balaban J connectivity index is 1.66. The van der Waals surface area contributed by atoms with E-state index in [2.05, 4.69) is 39.5 Å². The summed E-state index contributed by atoms with van der Waals surface area (Å²) in [6, 6.07) is 4.07. The number of aryl methyl sites for hydroxylation is 2. The largest absolute Gasteiger partial charge is 0.264 e. The van der Waals surface area contributed by atoms with E-state index in [-0.39, 0.29) is 0 Å². The number of aromatic nitrogens is 5. The third-order valence-electron chi connectivity index (χ3n) is 5.06. The Morgan fingerprint density at radius 2 is 2.11 bits per heavy atom. The monoisotopic (exact) mass is 395 g/mol. The van der Waals surface area contributed by atoms with Crippen LogP contribution in [0, 0.1) is 0 Å². The van der Waals surface area contributed by atoms with Gasteiger partial charge in [0, 0.05) is 28.9 Å². The second-order valence-corrected chi connectivity index (χ2v) is 9.33. The minimum atomic E-state index is 0.310. The Bertz CT molecular complexity index is 1110. The first-order valence-electron chi connectivity index (χ1n) is 9.43. The molecule has 138 valence electrons. The van der Waals surface area contributed by atoms with E-state index in [4.69, 9.17) is 4.98 Å². The number of thioether (sulfide) groups is 1. The molecule has 0 bridgehead atoms. The van der Waals surface area contributed by atoms with E-state index in [0.717, 1.165) is 33.6 Å². The van der Waals surface area contributed by atoms with Crippen LogP contribution in [-0.4, -0.2) is 24.6 Å². The zero-order valence-electron chi connectivity index (χ0n) is 15.5. The molecule has 0 atom stereocenters. The fourth-order valence-corrected chi connectivity index (χ4v) is 5.90. The van der Waals surface area contributed by atoms with E-state index in [9.17, 15) is 0 Å². The molecule has 4 aromatic heterocycles. The minimum absolute atomic E-state index is 0.310. The molecule has 0 aromatic carbocycles. The van der Waals surface area contributed by atoms with Crippen LogP contribution in [-0.2, 0) is 18.6 Å². The predicted octanol–water partition coefficient (Wildman–Crippen LogP) is 5.03. The summed E-state index contributed by atoms with van der Waals surface area (Å²) in [5.74, 6) is 2.19. The summed E-state index contributed by atoms with van der Waals surface area (Å²) >= 11 is 3.56. The maximum Gasteiger partial charge on any atom is 0.197 e. The smallest absolute Gasteiger partial charge is 0.197 e. The molecule has 1 aliphatic carbocycles. The fourth-order valence-electron chi connectivity index (χ4n) is 3.77. The summed E-state index contributed by atoms with van der Waals surface area (Å²) < 4.78 is 2.19. The molecule has 0 unspecified atom stereocenters. The van der Waals surface area contributed by atoms with Gasteiger partial charge in [0.1, 0.15) is 10.7 Å². The molecule has 5 nitrogen and oxygen atoms in total. The van der Waals surface area contributed by atoms with Crippen LogP contribution in [0.5, 0.6) is 0 Å². The normalized spacial score (nSPS) is 14.3. The first-order chi connectivity index (χ1) is 13.2. The van der Waals surface area contributed by atoms with Crippen molar-refractivity contribution < 1.29 is 0 Å². The number of thiophene rings is 1. The lowest BCUT2D eigenvalue weighted by Crippen LogP contribution is -2.05. The van der Waals surface area contributed by atoms with E-state index in [1.165, 1.54) is 40.7 Å². The van der Waals surface area contributed by atoms with Crippen LogP contribution in [0.3, 0.4) is 0 Å². The van der Waals surface area contributed by atoms with Crippen molar-refractivity contribution in [2.45, 2.75) is 56.4 Å². The van der Waals surface area contributed by atoms with Crippen LogP contribution in [0.25, 0.3) is 15.9 Å². The highest BCUT2D eigenvalue weighted by Crippen LogP contribution is 2.39. The summed E-state index contributed by atoms with van der Waals surface area (Å²) in [5, 5.41) is 11.3. The Hall–Kier alpha value is -1.99. The van der Waals surface area contributed by atoms with Crippen molar-refractivity contribution in [2.75, 3.05) is 0 Å². The third-order valence-corrected chi connectivity index (χ3v) is 7.25. The Kier molecular flexibility index (Phi) is 4.36. The molecule has 0 aliphatic heterocycles. The first kappa shape index (κ1) is 17.1. The molecule has 0 fully saturated rings. The van der Waals surface area contributed by atoms with Crippen molar-refractivity contribution in [3.05, 3.63) is 46.4 Å². The van der Waals surface area contributed by atoms with E-state index >= 15 is 0 Å². The lowest BCUT2D eigenvalue weighted by atomic mass is 9.97. The van der Waals surface area contributed by atoms with Gasteiger partial charge in [0.2, 0.25) is 0 Å². The summed E-state index contributed by atoms with van der Waals surface area (Å²) in [5.41, 5.74) is 3.63. The maximum atomic E-state index is 5.07. The van der Waals surface area contributed by atoms with Crippen molar-refractivity contribution in [2.24, 2.45) is 0 Å². The zero-order chi connectivity index (χ0) is 18.4. The van der Waals surface area contributed by atoms with Crippen LogP contribution >= 0.6 is 23.1 Å². The molecule has 0 saturated heterocycles. The van der Waals surface area contributed by atoms with Gasteiger partial charge in [-0.2, -0.15) is 0 Å². The molecule has 0 spiro atoms. The molecule has 1 aliphatic rings. The van der Waals surface area contributed by atoms with Crippen molar-refractivity contribution in [1.29, 1.82) is 0 Å². The summed E-state index contributed by atoms with van der Waals surface area (Å²) in [4.78, 5) is 11.9. The van der Waals surface area contributed by atoms with Gasteiger partial charge in [-0.1, -0.05) is 31.7 Å². The first-order valence-corrected chi connectivity index (χ1v) is 11.2. The Morgan fingerprint density at radius 1 is 1.22 bits per heavy atom. The van der Waals surface area contributed by atoms with E-state index in [1.807, 2.05) is 23.6 Å². The predicted molar refractivity (Wildman–Crippen MR) is 111 cm³/mol. The SMILES string of the molecule is CC(C)c1nc2sc3c(c2c2nnc(SCc4cccnc4)n12)CCCC3. The average molecular weight is 396 g/mol. The molecule has 0 radical (unpaired) electrons. The molecular weight excluding hydrogens is 374 g/mol. The molecule has 4 aromatic rings. The summed E-state index contributed by atoms with van der Waals surface area (Å²) in [6.45, 7) is 4.38. The highest BCUT2D eigenvalue weighted by molar-refractivity contribution is 7.98. The van der Waals surface area contributed by atoms with Crippen molar-refractivity contribution in [3.8, 4) is 0 Å². The van der Waals surface area contributed by atoms with Crippen LogP contribution < -0.4 is 0 Å². The van der Waals surface area contributed by atoms with Crippen LogP contribution in [0.4, 0.5) is 0 Å². The Morgan fingerprint density at radius 3 is 2.93 bits per heavy atom. The third kappa shape index (κ3) is 2.93. The minimum Gasteiger partial charge on any atom is -0.264 e. The molecule has 27 heavy (non-hydrogen) atoms. The van der Waals surface area contributed by atoms with Gasteiger partial charge < -0.3 is 0 Å². The van der Waals surface area contributed by atoms with Gasteiger partial charge in [0.15, 0.2) is 10.8 Å². The lowest BCUT2D eigenvalue weighted by molar-refractivity contribution is 0.699. The van der Waals surface area contributed by atoms with Crippen molar-refractivity contribution in [3.63, 3.8) is 0 Å². The van der Waals surface area contributed by atoms with Crippen LogP contribution in [0.1, 0.15) is 54.4 Å². The summed E-state index contributed by atoms with van der Waals surface area (Å²) in [7, 11) is 0. The number of rotatable bonds is 4. The average Bonchev–Trinajstić information content (AvgIpc) is 3.27. The van der Waals surface area contributed by atoms with Gasteiger partial charge in [-0.15, -0.1) is 21.5 Å². The Labute approximate surface area is 166 Å². The van der Waals surface area contributed by atoms with Gasteiger partial charge in [0.05, 0.1) is 5.39 Å². The summed E-state index contributed by atoms with van der Waals surface area (Å²) in [6.07, 6.45) is 8.57. The second-order valence-electron chi connectivity index (χ2n) is 7.31. The number of fused-ring (bicyclic) bond motifs is 5. The molecular formula is C20H21N5S2. The van der Waals surface area contributed by atoms with Gasteiger partial charge in [-0.3, -0.25) is 9.38 Å². The van der Waals surface area contributed by atoms with Gasteiger partial charge in [-0.25, -0.2) is 4.98 Å². The number of hydrogen-bond donors (Lipinski definition) is 0. The van der Waals surface area contributed by atoms with Gasteiger partial charge >= 0.3 is 0 Å². The number of hydrogen-bond acceptors (Lipinski definition) is 6. The molecule has 0 N–H and O–H groups in total. The standard InChI is InChI=1S/C20H21N5S2/c1-12(2)17-22-19-16(14-7-3-4-8-15(14)27-19)18-23-24-20(25(17)18)26-11-13-6-5-9-21-10-13/h5-6,9-10,12H,3-4,7-8,11H2,1-2H3. The second kappa shape index (κ2) is 6.87. The zero-order valence-corrected chi connectivity index (χ0v) is 17.1. The molecule has 0 saturated carbocycles. The van der Waals surface area contributed by atoms with Crippen molar-refractivity contribution in [1.82, 2.24) is 24.6 Å². The number of pyridine rings is 1. The lowest BCUT2D eigenvalue weighted by Gasteiger charge is -2.12. The van der Waals surface area contributed by atoms with E-state index in [1.54, 1.807) is 18.0 Å². The fraction of sp³-hybridized carbons (Fsp3) is 0.400. The van der Waals surface area contributed by atoms with E-state index < -0.39 is 0 Å². The molecule has 0 amide bonds. The van der Waals surface area contributed by atoms with Crippen LogP contribution in [0.2, 0.25) is 0 Å². The van der Waals surface area contributed by atoms with Gasteiger partial charge in [-0.05, 0) is 42.9 Å². The molecule has 7 heteroatoms. The maximum absolute atomic E-state index is 5.07. The van der Waals surface area contributed by atoms with Crippen LogP contribution in [0.15, 0.2) is 29.7 Å². The molecule has 5 rings (SSSR count). The highest BCUT2D eigenvalue weighted by Gasteiger charge is 2.24. The number of nitrogens with zero attached hydrogens (tertiary/aromatic N) is 5.